The van der Waals surface area contributed by atoms with Gasteiger partial charge in [0.1, 0.15) is 11.4 Å². The molecule has 0 unspecified atom stereocenters. The van der Waals surface area contributed by atoms with Crippen molar-refractivity contribution in [3.05, 3.63) is 50.7 Å². The minimum atomic E-state index is -0.295. The topological polar surface area (TPSA) is 55.8 Å². The zero-order chi connectivity index (χ0) is 32.0. The van der Waals surface area contributed by atoms with Crippen molar-refractivity contribution in [2.75, 3.05) is 19.8 Å². The van der Waals surface area contributed by atoms with Crippen LogP contribution in [0.5, 0.6) is 5.75 Å². The van der Waals surface area contributed by atoms with Crippen molar-refractivity contribution in [2.45, 2.75) is 86.2 Å². The van der Waals surface area contributed by atoms with Crippen molar-refractivity contribution in [1.82, 2.24) is 4.90 Å². The molecule has 2 aliphatic rings. The molecular weight excluding hydrogens is 639 g/mol. The number of aryl methyl sites for hydroxylation is 2. The summed E-state index contributed by atoms with van der Waals surface area (Å²) >= 11 is 6.94. The minimum Gasteiger partial charge on any atom is -0.481 e. The predicted molar refractivity (Wildman–Crippen MR) is 191 cm³/mol. The van der Waals surface area contributed by atoms with Gasteiger partial charge in [0.05, 0.1) is 25.8 Å². The molecule has 4 aromatic rings. The molecule has 0 atom stereocenters. The third-order valence-corrected chi connectivity index (χ3v) is 13.7. The van der Waals surface area contributed by atoms with Gasteiger partial charge < -0.3 is 9.47 Å². The smallest absolute Gasteiger partial charge is 0.263 e. The normalized spacial score (nSPS) is 15.3. The highest BCUT2D eigenvalue weighted by Gasteiger charge is 2.44. The molecular formula is C36H43NO4S4. The van der Waals surface area contributed by atoms with Gasteiger partial charge in [-0.2, -0.15) is 0 Å². The van der Waals surface area contributed by atoms with Gasteiger partial charge in [0.15, 0.2) is 0 Å². The van der Waals surface area contributed by atoms with Gasteiger partial charge in [0, 0.05) is 55.8 Å². The summed E-state index contributed by atoms with van der Waals surface area (Å²) in [6, 6.07) is 8.89. The van der Waals surface area contributed by atoms with E-state index in [2.05, 4.69) is 58.9 Å². The Morgan fingerprint density at radius 1 is 0.822 bits per heavy atom. The van der Waals surface area contributed by atoms with Crippen molar-refractivity contribution in [3.8, 4) is 35.0 Å². The first kappa shape index (κ1) is 32.6. The van der Waals surface area contributed by atoms with E-state index < -0.39 is 0 Å². The van der Waals surface area contributed by atoms with E-state index in [1.54, 1.807) is 34.0 Å². The van der Waals surface area contributed by atoms with Crippen LogP contribution in [-0.2, 0) is 10.3 Å². The molecule has 45 heavy (non-hydrogen) atoms. The fourth-order valence-electron chi connectivity index (χ4n) is 6.36. The van der Waals surface area contributed by atoms with E-state index in [-0.39, 0.29) is 17.4 Å². The molecule has 0 spiro atoms. The van der Waals surface area contributed by atoms with Crippen molar-refractivity contribution in [2.24, 2.45) is 11.8 Å². The molecule has 0 aromatic carbocycles. The summed E-state index contributed by atoms with van der Waals surface area (Å²) in [5, 5.41) is 0. The first-order valence-corrected chi connectivity index (χ1v) is 19.4. The average Bonchev–Trinajstić information content (AvgIpc) is 3.80. The highest BCUT2D eigenvalue weighted by Crippen LogP contribution is 2.58. The van der Waals surface area contributed by atoms with Crippen molar-refractivity contribution in [1.29, 1.82) is 0 Å². The SMILES string of the molecule is CCOCCCN1C(=O)c2c(C)sc(-c3ccc(-c4cc5c(s4)-c4sc(C)cc4C(CCC(C)C)(CCC(C)C)O5)s3)c2C1=O. The molecule has 240 valence electrons. The molecule has 0 fully saturated rings. The number of imide groups is 1. The standard InChI is InChI=1S/C36H43NO4S4/c1-8-40-17-9-16-37-34(38)29-23(7)43-33(30(29)35(37)39)27-11-10-26(44-27)28-19-25-32(45-28)31-24(18-22(6)42-31)36(41-25,14-12-20(2)3)15-13-21(4)5/h10-11,18-21H,8-9,12-17H2,1-7H3. The van der Waals surface area contributed by atoms with Gasteiger partial charge in [0.25, 0.3) is 11.8 Å². The van der Waals surface area contributed by atoms with Crippen LogP contribution >= 0.6 is 45.3 Å². The zero-order valence-corrected chi connectivity index (χ0v) is 30.6. The summed E-state index contributed by atoms with van der Waals surface area (Å²) in [4.78, 5) is 37.3. The highest BCUT2D eigenvalue weighted by atomic mass is 32.1. The van der Waals surface area contributed by atoms with Crippen LogP contribution in [0, 0.1) is 25.7 Å². The van der Waals surface area contributed by atoms with Crippen LogP contribution in [0.15, 0.2) is 24.3 Å². The molecule has 0 bridgehead atoms. The zero-order valence-electron chi connectivity index (χ0n) is 27.3. The van der Waals surface area contributed by atoms with Crippen molar-refractivity contribution < 1.29 is 19.1 Å². The molecule has 4 aromatic heterocycles. The number of nitrogens with zero attached hydrogens (tertiary/aromatic N) is 1. The Bertz CT molecular complexity index is 1710. The van der Waals surface area contributed by atoms with Gasteiger partial charge in [-0.15, -0.1) is 45.3 Å². The summed E-state index contributed by atoms with van der Waals surface area (Å²) in [6.07, 6.45) is 4.94. The van der Waals surface area contributed by atoms with Crippen LogP contribution in [0.2, 0.25) is 0 Å². The number of thiophene rings is 4. The maximum Gasteiger partial charge on any atom is 0.263 e. The second-order valence-corrected chi connectivity index (χ2v) is 17.7. The molecule has 0 saturated carbocycles. The molecule has 6 heterocycles. The van der Waals surface area contributed by atoms with E-state index in [9.17, 15) is 9.59 Å². The van der Waals surface area contributed by atoms with Crippen LogP contribution in [0.1, 0.15) is 103 Å². The third kappa shape index (κ3) is 6.11. The number of hydrogen-bond donors (Lipinski definition) is 0. The van der Waals surface area contributed by atoms with Crippen molar-refractivity contribution >= 4 is 57.2 Å². The number of rotatable bonds is 13. The lowest BCUT2D eigenvalue weighted by atomic mass is 9.80. The molecule has 0 saturated heterocycles. The molecule has 0 N–H and O–H groups in total. The third-order valence-electron chi connectivity index (χ3n) is 8.76. The Kier molecular flexibility index (Phi) is 9.48. The Balaban J connectivity index is 1.32. The van der Waals surface area contributed by atoms with Gasteiger partial charge >= 0.3 is 0 Å². The summed E-state index contributed by atoms with van der Waals surface area (Å²) in [5.41, 5.74) is 2.22. The number of carbonyl (C=O) groups is 2. The minimum absolute atomic E-state index is 0.174. The highest BCUT2D eigenvalue weighted by molar-refractivity contribution is 7.29. The van der Waals surface area contributed by atoms with Gasteiger partial charge in [-0.3, -0.25) is 14.5 Å². The van der Waals surface area contributed by atoms with Crippen molar-refractivity contribution in [3.63, 3.8) is 0 Å². The van der Waals surface area contributed by atoms with E-state index in [0.29, 0.717) is 49.1 Å². The number of hydrogen-bond acceptors (Lipinski definition) is 8. The molecule has 9 heteroatoms. The quantitative estimate of drug-likeness (QED) is 0.104. The summed E-state index contributed by atoms with van der Waals surface area (Å²) in [5.74, 6) is 1.88. The largest absolute Gasteiger partial charge is 0.481 e. The summed E-state index contributed by atoms with van der Waals surface area (Å²) in [6.45, 7) is 16.9. The van der Waals surface area contributed by atoms with Gasteiger partial charge in [0.2, 0.25) is 0 Å². The second kappa shape index (κ2) is 13.1. The number of amides is 2. The van der Waals surface area contributed by atoms with E-state index in [1.807, 2.05) is 25.2 Å². The lowest BCUT2D eigenvalue weighted by molar-refractivity contribution is 0.0345. The summed E-state index contributed by atoms with van der Waals surface area (Å²) in [7, 11) is 0. The number of ether oxygens (including phenoxy) is 2. The van der Waals surface area contributed by atoms with E-state index >= 15 is 0 Å². The monoisotopic (exact) mass is 681 g/mol. The molecule has 2 aliphatic heterocycles. The average molecular weight is 682 g/mol. The maximum atomic E-state index is 13.5. The van der Waals surface area contributed by atoms with Crippen LogP contribution in [0.3, 0.4) is 0 Å². The Hall–Kier alpha value is -2.30. The fraction of sp³-hybridized carbons (Fsp3) is 0.500. The fourth-order valence-corrected chi connectivity index (χ4v) is 11.0. The first-order valence-electron chi connectivity index (χ1n) is 16.1. The number of fused-ring (bicyclic) bond motifs is 4. The van der Waals surface area contributed by atoms with Crippen LogP contribution in [-0.4, -0.2) is 36.5 Å². The van der Waals surface area contributed by atoms with Crippen LogP contribution in [0.25, 0.3) is 29.3 Å². The second-order valence-electron chi connectivity index (χ2n) is 13.1. The number of carbonyl (C=O) groups excluding carboxylic acids is 2. The van der Waals surface area contributed by atoms with E-state index in [4.69, 9.17) is 9.47 Å². The first-order chi connectivity index (χ1) is 21.5. The molecule has 6 rings (SSSR count). The Labute approximate surface area is 283 Å². The van der Waals surface area contributed by atoms with Crippen LogP contribution in [0.4, 0.5) is 0 Å². The Morgan fingerprint density at radius 2 is 1.51 bits per heavy atom. The molecule has 2 amide bonds. The maximum absolute atomic E-state index is 13.5. The predicted octanol–water partition coefficient (Wildman–Crippen LogP) is 11.0. The molecule has 0 radical (unpaired) electrons. The molecule has 0 aliphatic carbocycles. The van der Waals surface area contributed by atoms with Gasteiger partial charge in [-0.1, -0.05) is 27.7 Å². The van der Waals surface area contributed by atoms with Gasteiger partial charge in [-0.25, -0.2) is 0 Å². The lowest BCUT2D eigenvalue weighted by Gasteiger charge is -2.39. The summed E-state index contributed by atoms with van der Waals surface area (Å²) < 4.78 is 12.6. The van der Waals surface area contributed by atoms with E-state index in [1.165, 1.54) is 30.0 Å². The van der Waals surface area contributed by atoms with E-state index in [0.717, 1.165) is 50.9 Å². The lowest BCUT2D eigenvalue weighted by Crippen LogP contribution is -2.36. The molecule has 5 nitrogen and oxygen atoms in total. The van der Waals surface area contributed by atoms with Gasteiger partial charge in [-0.05, 0) is 82.9 Å². The van der Waals surface area contributed by atoms with Crippen LogP contribution < -0.4 is 4.74 Å². The Morgan fingerprint density at radius 3 is 2.20 bits per heavy atom.